The molecule has 2 rings (SSSR count). The monoisotopic (exact) mass is 312 g/mol. The summed E-state index contributed by atoms with van der Waals surface area (Å²) in [5.74, 6) is 0. The highest BCUT2D eigenvalue weighted by molar-refractivity contribution is 7.23. The van der Waals surface area contributed by atoms with Gasteiger partial charge in [0.2, 0.25) is 0 Å². The van der Waals surface area contributed by atoms with Gasteiger partial charge in [-0.25, -0.2) is 0 Å². The van der Waals surface area contributed by atoms with Crippen molar-refractivity contribution in [2.24, 2.45) is 5.10 Å². The number of hydrazone groups is 1. The molecule has 2 aromatic rings. The molecule has 0 aromatic carbocycles. The predicted octanol–water partition coefficient (Wildman–Crippen LogP) is 3.80. The highest BCUT2D eigenvalue weighted by Gasteiger charge is 2.05. The molecule has 6 heteroatoms. The van der Waals surface area contributed by atoms with E-state index < -0.39 is 0 Å². The van der Waals surface area contributed by atoms with Crippen LogP contribution >= 0.6 is 22.7 Å². The first-order chi connectivity index (χ1) is 10.1. The van der Waals surface area contributed by atoms with Gasteiger partial charge >= 0.3 is 0 Å². The average molecular weight is 312 g/mol. The second-order valence-corrected chi connectivity index (χ2v) is 6.51. The number of rotatable bonds is 4. The molecule has 4 nitrogen and oxygen atoms in total. The lowest BCUT2D eigenvalue weighted by Crippen LogP contribution is -2.01. The van der Waals surface area contributed by atoms with Gasteiger partial charge in [0.05, 0.1) is 6.21 Å². The summed E-state index contributed by atoms with van der Waals surface area (Å²) >= 11 is 3.22. The minimum Gasteiger partial charge on any atom is -0.303 e. The van der Waals surface area contributed by atoms with E-state index >= 15 is 0 Å². The molecule has 0 bridgehead atoms. The molecule has 0 saturated carbocycles. The Hall–Kier alpha value is -2.41. The van der Waals surface area contributed by atoms with E-state index in [2.05, 4.69) is 11.2 Å². The van der Waals surface area contributed by atoms with Crippen molar-refractivity contribution in [3.05, 3.63) is 39.6 Å². The smallest absolute Gasteiger partial charge is 0.131 e. The number of nitriles is 2. The van der Waals surface area contributed by atoms with Crippen LogP contribution in [-0.4, -0.2) is 25.3 Å². The highest BCUT2D eigenvalue weighted by atomic mass is 32.1. The lowest BCUT2D eigenvalue weighted by atomic mass is 10.3. The van der Waals surface area contributed by atoms with Crippen molar-refractivity contribution in [3.8, 4) is 21.9 Å². The van der Waals surface area contributed by atoms with Gasteiger partial charge in [0, 0.05) is 33.6 Å². The normalized spacial score (nSPS) is 10.1. The lowest BCUT2D eigenvalue weighted by molar-refractivity contribution is 0.440. The van der Waals surface area contributed by atoms with Crippen molar-refractivity contribution in [3.63, 3.8) is 0 Å². The Morgan fingerprint density at radius 3 is 2.19 bits per heavy atom. The van der Waals surface area contributed by atoms with Crippen LogP contribution in [0.2, 0.25) is 0 Å². The summed E-state index contributed by atoms with van der Waals surface area (Å²) in [7, 11) is 3.76. The molecule has 0 atom stereocenters. The molecule has 0 aliphatic carbocycles. The zero-order valence-electron chi connectivity index (χ0n) is 11.6. The topological polar surface area (TPSA) is 63.2 Å². The van der Waals surface area contributed by atoms with Crippen LogP contribution in [0.25, 0.3) is 15.8 Å². The Kier molecular flexibility index (Phi) is 4.89. The number of hydrogen-bond donors (Lipinski definition) is 0. The van der Waals surface area contributed by atoms with Crippen molar-refractivity contribution in [1.82, 2.24) is 5.01 Å². The van der Waals surface area contributed by atoms with Crippen LogP contribution in [0.5, 0.6) is 0 Å². The average Bonchev–Trinajstić information content (AvgIpc) is 3.11. The maximum absolute atomic E-state index is 8.77. The first-order valence-electron chi connectivity index (χ1n) is 6.05. The first kappa shape index (κ1) is 15.0. The second-order valence-electron chi connectivity index (χ2n) is 4.28. The van der Waals surface area contributed by atoms with Gasteiger partial charge in [-0.2, -0.15) is 15.6 Å². The lowest BCUT2D eigenvalue weighted by Gasteiger charge is -2.00. The van der Waals surface area contributed by atoms with Crippen LogP contribution in [0.15, 0.2) is 34.9 Å². The second kappa shape index (κ2) is 6.85. The van der Waals surface area contributed by atoms with E-state index in [0.29, 0.717) is 0 Å². The molecule has 0 N–H and O–H groups in total. The van der Waals surface area contributed by atoms with E-state index in [4.69, 9.17) is 10.5 Å². The molecule has 0 amide bonds. The van der Waals surface area contributed by atoms with Crippen molar-refractivity contribution < 1.29 is 0 Å². The highest BCUT2D eigenvalue weighted by Crippen LogP contribution is 2.33. The summed E-state index contributed by atoms with van der Waals surface area (Å²) in [6.07, 6.45) is 3.43. The minimum absolute atomic E-state index is 0.119. The Balaban J connectivity index is 2.21. The SMILES string of the molecule is CN(C)/N=C\c1ccc(-c2ccc(C=C(C#N)C#N)s2)s1. The maximum Gasteiger partial charge on any atom is 0.131 e. The molecule has 2 heterocycles. The van der Waals surface area contributed by atoms with Gasteiger partial charge in [0.15, 0.2) is 0 Å². The van der Waals surface area contributed by atoms with Crippen LogP contribution in [0.1, 0.15) is 9.75 Å². The maximum atomic E-state index is 8.77. The van der Waals surface area contributed by atoms with Crippen molar-refractivity contribution in [1.29, 1.82) is 10.5 Å². The zero-order valence-corrected chi connectivity index (χ0v) is 13.2. The van der Waals surface area contributed by atoms with Gasteiger partial charge in [-0.15, -0.1) is 22.7 Å². The third-order valence-corrected chi connectivity index (χ3v) is 4.69. The summed E-state index contributed by atoms with van der Waals surface area (Å²) < 4.78 is 0. The molecule has 2 aromatic heterocycles. The molecule has 104 valence electrons. The molecule has 0 unspecified atom stereocenters. The van der Waals surface area contributed by atoms with E-state index in [1.54, 1.807) is 33.8 Å². The molecular weight excluding hydrogens is 300 g/mol. The quantitative estimate of drug-likeness (QED) is 0.490. The van der Waals surface area contributed by atoms with Gasteiger partial charge in [0.25, 0.3) is 0 Å². The first-order valence-corrected chi connectivity index (χ1v) is 7.69. The molecule has 0 fully saturated rings. The third-order valence-electron chi connectivity index (χ3n) is 2.44. The number of nitrogens with zero attached hydrogens (tertiary/aromatic N) is 4. The molecular formula is C15H12N4S2. The fraction of sp³-hybridized carbons (Fsp3) is 0.133. The number of thiophene rings is 2. The largest absolute Gasteiger partial charge is 0.303 e. The summed E-state index contributed by atoms with van der Waals surface area (Å²) in [4.78, 5) is 4.25. The minimum atomic E-state index is 0.119. The van der Waals surface area contributed by atoms with E-state index in [-0.39, 0.29) is 5.57 Å². The Morgan fingerprint density at radius 2 is 1.62 bits per heavy atom. The number of allylic oxidation sites excluding steroid dienone is 1. The van der Waals surface area contributed by atoms with Crippen LogP contribution in [0.3, 0.4) is 0 Å². The summed E-state index contributed by atoms with van der Waals surface area (Å²) in [5, 5.41) is 23.5. The standard InChI is InChI=1S/C15H12N4S2/c1-19(2)18-10-13-4-6-15(21-13)14-5-3-12(20-14)7-11(8-16)9-17/h3-7,10H,1-2H3/b18-10-. The van der Waals surface area contributed by atoms with Gasteiger partial charge in [0.1, 0.15) is 17.7 Å². The van der Waals surface area contributed by atoms with Gasteiger partial charge in [-0.3, -0.25) is 0 Å². The van der Waals surface area contributed by atoms with Crippen molar-refractivity contribution in [2.45, 2.75) is 0 Å². The van der Waals surface area contributed by atoms with Crippen LogP contribution in [0, 0.1) is 22.7 Å². The summed E-state index contributed by atoms with van der Waals surface area (Å²) in [6.45, 7) is 0. The van der Waals surface area contributed by atoms with E-state index in [0.717, 1.165) is 19.5 Å². The molecule has 0 saturated heterocycles. The van der Waals surface area contributed by atoms with Gasteiger partial charge < -0.3 is 5.01 Å². The van der Waals surface area contributed by atoms with Crippen LogP contribution in [-0.2, 0) is 0 Å². The van der Waals surface area contributed by atoms with E-state index in [9.17, 15) is 0 Å². The predicted molar refractivity (Wildman–Crippen MR) is 88.1 cm³/mol. The molecule has 0 aliphatic rings. The summed E-state index contributed by atoms with van der Waals surface area (Å²) in [5.41, 5.74) is 0.119. The van der Waals surface area contributed by atoms with Crippen molar-refractivity contribution in [2.75, 3.05) is 14.1 Å². The molecule has 0 radical (unpaired) electrons. The number of hydrogen-bond acceptors (Lipinski definition) is 6. The fourth-order valence-corrected chi connectivity index (χ4v) is 3.44. The zero-order chi connectivity index (χ0) is 15.2. The molecule has 0 spiro atoms. The van der Waals surface area contributed by atoms with E-state index in [1.165, 1.54) is 0 Å². The van der Waals surface area contributed by atoms with Crippen molar-refractivity contribution >= 4 is 35.0 Å². The molecule has 0 aliphatic heterocycles. The van der Waals surface area contributed by atoms with Gasteiger partial charge in [-0.05, 0) is 30.3 Å². The fourth-order valence-electron chi connectivity index (χ4n) is 1.52. The Bertz CT molecular complexity index is 750. The van der Waals surface area contributed by atoms with E-state index in [1.807, 2.05) is 50.6 Å². The van der Waals surface area contributed by atoms with Crippen LogP contribution < -0.4 is 0 Å². The van der Waals surface area contributed by atoms with Gasteiger partial charge in [-0.1, -0.05) is 0 Å². The Labute approximate surface area is 131 Å². The summed E-state index contributed by atoms with van der Waals surface area (Å²) in [6, 6.07) is 11.7. The molecule has 21 heavy (non-hydrogen) atoms. The third kappa shape index (κ3) is 4.03. The Morgan fingerprint density at radius 1 is 1.05 bits per heavy atom. The van der Waals surface area contributed by atoms with Crippen LogP contribution in [0.4, 0.5) is 0 Å².